The van der Waals surface area contributed by atoms with E-state index in [0.29, 0.717) is 0 Å². The van der Waals surface area contributed by atoms with Crippen molar-refractivity contribution in [2.75, 3.05) is 0 Å². The molecule has 1 aromatic heterocycles. The van der Waals surface area contributed by atoms with Crippen LogP contribution in [0.4, 0.5) is 0 Å². The zero-order valence-electron chi connectivity index (χ0n) is 10.5. The summed E-state index contributed by atoms with van der Waals surface area (Å²) in [5, 5.41) is 14.5. The number of allylic oxidation sites excluding steroid dienone is 1. The van der Waals surface area contributed by atoms with E-state index in [1.807, 2.05) is 35.0 Å². The van der Waals surface area contributed by atoms with Crippen LogP contribution < -0.4 is 0 Å². The molecule has 0 unspecified atom stereocenters. The largest absolute Gasteiger partial charge is 0.387 e. The molecule has 2 rings (SSSR count). The summed E-state index contributed by atoms with van der Waals surface area (Å²) in [6, 6.07) is 12.2. The number of rotatable bonds is 5. The fraction of sp³-hybridized carbons (Fsp3) is 0.250. The van der Waals surface area contributed by atoms with Gasteiger partial charge in [0.2, 0.25) is 0 Å². The first-order valence-corrected chi connectivity index (χ1v) is 7.19. The third kappa shape index (κ3) is 3.09. The van der Waals surface area contributed by atoms with Crippen LogP contribution in [0.1, 0.15) is 36.5 Å². The van der Waals surface area contributed by atoms with Gasteiger partial charge in [-0.2, -0.15) is 11.3 Å². The van der Waals surface area contributed by atoms with E-state index < -0.39 is 6.10 Å². The molecule has 0 bridgehead atoms. The summed E-state index contributed by atoms with van der Waals surface area (Å²) in [5.74, 6) is 0.0285. The lowest BCUT2D eigenvalue weighted by molar-refractivity contribution is 0.162. The van der Waals surface area contributed by atoms with Crippen LogP contribution in [0.3, 0.4) is 0 Å². The smallest absolute Gasteiger partial charge is 0.0901 e. The van der Waals surface area contributed by atoms with Crippen LogP contribution in [0.2, 0.25) is 0 Å². The van der Waals surface area contributed by atoms with Crippen molar-refractivity contribution in [2.24, 2.45) is 0 Å². The predicted molar refractivity (Wildman–Crippen MR) is 77.9 cm³/mol. The summed E-state index contributed by atoms with van der Waals surface area (Å²) < 4.78 is 0. The molecule has 0 aliphatic carbocycles. The second kappa shape index (κ2) is 6.53. The molecular formula is C16H18OS. The number of benzene rings is 1. The number of aliphatic hydroxyl groups excluding tert-OH is 1. The molecule has 0 saturated carbocycles. The molecule has 0 saturated heterocycles. The SMILES string of the molecule is CC/C=C/[C@@H](c1ccccc1)[C@@H](O)c1ccsc1. The number of hydrogen-bond donors (Lipinski definition) is 1. The van der Waals surface area contributed by atoms with E-state index in [0.717, 1.165) is 17.5 Å². The van der Waals surface area contributed by atoms with E-state index in [2.05, 4.69) is 31.2 Å². The molecule has 0 amide bonds. The van der Waals surface area contributed by atoms with Crippen molar-refractivity contribution in [1.82, 2.24) is 0 Å². The van der Waals surface area contributed by atoms with Gasteiger partial charge in [-0.3, -0.25) is 0 Å². The Labute approximate surface area is 112 Å². The molecule has 2 aromatic rings. The van der Waals surface area contributed by atoms with Gasteiger partial charge in [0.15, 0.2) is 0 Å². The van der Waals surface area contributed by atoms with Crippen LogP contribution in [-0.4, -0.2) is 5.11 Å². The molecular weight excluding hydrogens is 240 g/mol. The van der Waals surface area contributed by atoms with Crippen LogP contribution in [-0.2, 0) is 0 Å². The average molecular weight is 258 g/mol. The summed E-state index contributed by atoms with van der Waals surface area (Å²) in [4.78, 5) is 0. The number of aliphatic hydroxyl groups is 1. The molecule has 18 heavy (non-hydrogen) atoms. The lowest BCUT2D eigenvalue weighted by Gasteiger charge is -2.19. The van der Waals surface area contributed by atoms with Gasteiger partial charge in [0.25, 0.3) is 0 Å². The van der Waals surface area contributed by atoms with Gasteiger partial charge < -0.3 is 5.11 Å². The highest BCUT2D eigenvalue weighted by Crippen LogP contribution is 2.33. The van der Waals surface area contributed by atoms with Crippen LogP contribution in [0, 0.1) is 0 Å². The highest BCUT2D eigenvalue weighted by Gasteiger charge is 2.20. The Bertz CT molecular complexity index is 473. The minimum atomic E-state index is -0.471. The third-order valence-electron chi connectivity index (χ3n) is 2.99. The van der Waals surface area contributed by atoms with E-state index in [1.54, 1.807) is 11.3 Å². The molecule has 1 aromatic carbocycles. The standard InChI is InChI=1S/C16H18OS/c1-2-3-9-15(13-7-5-4-6-8-13)16(17)14-10-11-18-12-14/h3-12,15-17H,2H2,1H3/b9-3+/t15-,16-/m0/s1. The van der Waals surface area contributed by atoms with E-state index >= 15 is 0 Å². The average Bonchev–Trinajstić information content (AvgIpc) is 2.94. The van der Waals surface area contributed by atoms with Crippen molar-refractivity contribution >= 4 is 11.3 Å². The summed E-state index contributed by atoms with van der Waals surface area (Å²) in [7, 11) is 0. The molecule has 1 nitrogen and oxygen atoms in total. The van der Waals surface area contributed by atoms with Crippen LogP contribution >= 0.6 is 11.3 Å². The Balaban J connectivity index is 2.28. The highest BCUT2D eigenvalue weighted by molar-refractivity contribution is 7.07. The van der Waals surface area contributed by atoms with Gasteiger partial charge >= 0.3 is 0 Å². The van der Waals surface area contributed by atoms with Gasteiger partial charge in [-0.25, -0.2) is 0 Å². The molecule has 0 aliphatic heterocycles. The molecule has 94 valence electrons. The lowest BCUT2D eigenvalue weighted by Crippen LogP contribution is -2.08. The molecule has 0 aliphatic rings. The van der Waals surface area contributed by atoms with Gasteiger partial charge in [0.05, 0.1) is 6.10 Å². The van der Waals surface area contributed by atoms with Gasteiger partial charge in [-0.05, 0) is 34.4 Å². The molecule has 2 heteroatoms. The predicted octanol–water partition coefficient (Wildman–Crippen LogP) is 4.53. The molecule has 2 atom stereocenters. The highest BCUT2D eigenvalue weighted by atomic mass is 32.1. The molecule has 0 spiro atoms. The molecule has 0 fully saturated rings. The first-order chi connectivity index (χ1) is 8.83. The van der Waals surface area contributed by atoms with E-state index in [4.69, 9.17) is 0 Å². The van der Waals surface area contributed by atoms with Crippen LogP contribution in [0.15, 0.2) is 59.3 Å². The van der Waals surface area contributed by atoms with Crippen LogP contribution in [0.25, 0.3) is 0 Å². The topological polar surface area (TPSA) is 20.2 Å². The van der Waals surface area contributed by atoms with E-state index in [9.17, 15) is 5.11 Å². The zero-order chi connectivity index (χ0) is 12.8. The maximum atomic E-state index is 10.5. The number of hydrogen-bond acceptors (Lipinski definition) is 2. The first kappa shape index (κ1) is 13.1. The Hall–Kier alpha value is -1.38. The van der Waals surface area contributed by atoms with Crippen molar-refractivity contribution in [3.63, 3.8) is 0 Å². The maximum Gasteiger partial charge on any atom is 0.0901 e. The lowest BCUT2D eigenvalue weighted by atomic mass is 9.90. The Morgan fingerprint density at radius 3 is 2.56 bits per heavy atom. The van der Waals surface area contributed by atoms with Crippen molar-refractivity contribution < 1.29 is 5.11 Å². The van der Waals surface area contributed by atoms with Crippen molar-refractivity contribution in [1.29, 1.82) is 0 Å². The summed E-state index contributed by atoms with van der Waals surface area (Å²) in [6.07, 6.45) is 4.74. The Kier molecular flexibility index (Phi) is 4.73. The van der Waals surface area contributed by atoms with Gasteiger partial charge in [-0.15, -0.1) is 0 Å². The van der Waals surface area contributed by atoms with Gasteiger partial charge in [0, 0.05) is 5.92 Å². The maximum absolute atomic E-state index is 10.5. The van der Waals surface area contributed by atoms with Crippen molar-refractivity contribution in [3.8, 4) is 0 Å². The van der Waals surface area contributed by atoms with E-state index in [1.165, 1.54) is 0 Å². The zero-order valence-corrected chi connectivity index (χ0v) is 11.3. The summed E-state index contributed by atoms with van der Waals surface area (Å²) in [5.41, 5.74) is 2.15. The number of thiophene rings is 1. The molecule has 1 N–H and O–H groups in total. The molecule has 1 heterocycles. The Morgan fingerprint density at radius 1 is 1.17 bits per heavy atom. The minimum Gasteiger partial charge on any atom is -0.387 e. The van der Waals surface area contributed by atoms with Gasteiger partial charge in [-0.1, -0.05) is 49.4 Å². The van der Waals surface area contributed by atoms with Crippen molar-refractivity contribution in [2.45, 2.75) is 25.4 Å². The van der Waals surface area contributed by atoms with Gasteiger partial charge in [0.1, 0.15) is 0 Å². The second-order valence-electron chi connectivity index (χ2n) is 4.27. The van der Waals surface area contributed by atoms with Crippen molar-refractivity contribution in [3.05, 3.63) is 70.4 Å². The summed E-state index contributed by atoms with van der Waals surface area (Å²) in [6.45, 7) is 2.11. The molecule has 0 radical (unpaired) electrons. The fourth-order valence-corrected chi connectivity index (χ4v) is 2.70. The quantitative estimate of drug-likeness (QED) is 0.781. The Morgan fingerprint density at radius 2 is 1.94 bits per heavy atom. The first-order valence-electron chi connectivity index (χ1n) is 6.24. The van der Waals surface area contributed by atoms with E-state index in [-0.39, 0.29) is 5.92 Å². The fourth-order valence-electron chi connectivity index (χ4n) is 2.01. The summed E-state index contributed by atoms with van der Waals surface area (Å²) >= 11 is 1.62. The third-order valence-corrected chi connectivity index (χ3v) is 3.69. The minimum absolute atomic E-state index is 0.0285. The monoisotopic (exact) mass is 258 g/mol. The van der Waals surface area contributed by atoms with Crippen LogP contribution in [0.5, 0.6) is 0 Å². The normalized spacial score (nSPS) is 14.8. The second-order valence-corrected chi connectivity index (χ2v) is 5.05.